The highest BCUT2D eigenvalue weighted by Gasteiger charge is 2.11. The van der Waals surface area contributed by atoms with Crippen LogP contribution in [0.4, 0.5) is 0 Å². The Balaban J connectivity index is 0.977. The van der Waals surface area contributed by atoms with E-state index >= 15 is 0 Å². The van der Waals surface area contributed by atoms with E-state index in [1.165, 1.54) is 0 Å². The van der Waals surface area contributed by atoms with Gasteiger partial charge >= 0.3 is 0 Å². The maximum atomic E-state index is 5.70. The first kappa shape index (κ1) is 80.6. The molecule has 3 aromatic rings. The molecule has 0 N–H and O–H groups in total. The van der Waals surface area contributed by atoms with Crippen LogP contribution in [0.15, 0.2) is 24.5 Å². The molecule has 0 saturated carbocycles. The molecule has 0 aliphatic heterocycles. The van der Waals surface area contributed by atoms with E-state index in [1.807, 2.05) is 12.1 Å². The summed E-state index contributed by atoms with van der Waals surface area (Å²) in [5.41, 5.74) is 2.35. The molecule has 0 atom stereocenters. The first-order valence-corrected chi connectivity index (χ1v) is 31.1. The lowest BCUT2D eigenvalue weighted by Gasteiger charge is -2.09. The Morgan fingerprint density at radius 1 is 0.200 bits per heavy atom. The van der Waals surface area contributed by atoms with Crippen molar-refractivity contribution in [1.29, 1.82) is 0 Å². The summed E-state index contributed by atoms with van der Waals surface area (Å²) in [5.74, 6) is 0. The van der Waals surface area contributed by atoms with Gasteiger partial charge in [-0.2, -0.15) is 0 Å². The minimum Gasteiger partial charge on any atom is -0.382 e. The molecule has 0 saturated heterocycles. The van der Waals surface area contributed by atoms with Gasteiger partial charge in [0, 0.05) is 14.2 Å². The second kappa shape index (κ2) is 65.5. The molecule has 0 aliphatic carbocycles. The fourth-order valence-corrected chi connectivity index (χ4v) is 6.86. The maximum Gasteiger partial charge on any atom is 0.133 e. The predicted molar refractivity (Wildman–Crippen MR) is 322 cm³/mol. The molecule has 0 spiro atoms. The van der Waals surface area contributed by atoms with E-state index in [9.17, 15) is 0 Å². The molecule has 3 heterocycles. The first-order chi connectivity index (χ1) is 44.8. The average Bonchev–Trinajstić information content (AvgIpc) is 2.15. The molecule has 0 aromatic carbocycles. The molecule has 0 aliphatic rings. The minimum atomic E-state index is 0.442. The fraction of sp³-hybridized carbons (Fsp3) is 0.862. The molecule has 522 valence electrons. The third kappa shape index (κ3) is 51.9. The number of hydrogen-bond donors (Lipinski definition) is 0. The number of hydrogen-bond acceptors (Lipinski definition) is 30. The van der Waals surface area contributed by atoms with Crippen molar-refractivity contribution in [2.45, 2.75) is 13.1 Å². The summed E-state index contributed by atoms with van der Waals surface area (Å²) in [6, 6.07) is 3.64. The van der Waals surface area contributed by atoms with Gasteiger partial charge in [-0.1, -0.05) is 10.4 Å². The number of nitrogens with zero attached hydrogens (tertiary/aromatic N) is 8. The quantitative estimate of drug-likeness (QED) is 0.0701. The van der Waals surface area contributed by atoms with Crippen molar-refractivity contribution in [3.8, 4) is 22.8 Å². The highest BCUT2D eigenvalue weighted by Crippen LogP contribution is 2.17. The molecule has 32 nitrogen and oxygen atoms in total. The van der Waals surface area contributed by atoms with Crippen LogP contribution in [0, 0.1) is 0 Å². The van der Waals surface area contributed by atoms with E-state index in [4.69, 9.17) is 114 Å². The zero-order valence-electron chi connectivity index (χ0n) is 53.6. The molecule has 3 aromatic heterocycles. The molecule has 0 fully saturated rings. The molecular weight excluding hydrogens is 1190 g/mol. The second-order valence-electron chi connectivity index (χ2n) is 18.5. The van der Waals surface area contributed by atoms with Crippen molar-refractivity contribution in [1.82, 2.24) is 40.2 Å². The topological polar surface area (TPSA) is 309 Å². The summed E-state index contributed by atoms with van der Waals surface area (Å²) >= 11 is 0. The van der Waals surface area contributed by atoms with Crippen LogP contribution in [0.5, 0.6) is 0 Å². The lowest BCUT2D eigenvalue weighted by Crippen LogP contribution is -2.15. The normalized spacial score (nSPS) is 11.8. The van der Waals surface area contributed by atoms with Gasteiger partial charge in [0.05, 0.1) is 329 Å². The third-order valence-electron chi connectivity index (χ3n) is 11.5. The van der Waals surface area contributed by atoms with Crippen LogP contribution < -0.4 is 0 Å². The fourth-order valence-electron chi connectivity index (χ4n) is 6.86. The molecule has 0 unspecified atom stereocenters. The van der Waals surface area contributed by atoms with Gasteiger partial charge < -0.3 is 114 Å². The zero-order valence-corrected chi connectivity index (χ0v) is 53.6. The Morgan fingerprint density at radius 2 is 0.356 bits per heavy atom. The van der Waals surface area contributed by atoms with Crippen molar-refractivity contribution in [3.63, 3.8) is 0 Å². The van der Waals surface area contributed by atoms with Gasteiger partial charge in [0.15, 0.2) is 0 Å². The predicted octanol–water partition coefficient (Wildman–Crippen LogP) is 0.652. The summed E-state index contributed by atoms with van der Waals surface area (Å²) in [5, 5.41) is 25.5. The van der Waals surface area contributed by atoms with Gasteiger partial charge in [0.2, 0.25) is 0 Å². The molecule has 3 rings (SSSR count). The molecule has 0 radical (unpaired) electrons. The number of methoxy groups -OCH3 is 2. The van der Waals surface area contributed by atoms with Crippen molar-refractivity contribution < 1.29 is 114 Å². The highest BCUT2D eigenvalue weighted by atomic mass is 16.6. The van der Waals surface area contributed by atoms with Crippen LogP contribution in [0.25, 0.3) is 22.8 Å². The first-order valence-electron chi connectivity index (χ1n) is 31.1. The standard InChI is InChI=1S/C58H106N8O24/c1-67-9-11-71-17-19-75-25-27-79-33-35-83-41-43-87-49-51-89-47-45-85-39-37-81-31-29-77-23-21-73-15-13-69-7-5-65-53-57(61-63-65)55-3-4-56(60-59-55)58-54-66(64-62-58)6-8-70-14-16-74-22-24-78-30-32-82-38-40-86-46-48-90-52-50-88-44-42-84-36-34-80-28-26-76-20-18-72-12-10-68-2/h3-4,53-54H,5-52H2,1-2H3. The second-order valence-corrected chi connectivity index (χ2v) is 18.5. The Labute approximate surface area is 531 Å². The average molecular weight is 1300 g/mol. The van der Waals surface area contributed by atoms with Crippen LogP contribution in [0.3, 0.4) is 0 Å². The Hall–Kier alpha value is -3.60. The van der Waals surface area contributed by atoms with Crippen molar-refractivity contribution >= 4 is 0 Å². The lowest BCUT2D eigenvalue weighted by atomic mass is 10.2. The van der Waals surface area contributed by atoms with Gasteiger partial charge in [0.1, 0.15) is 22.8 Å². The van der Waals surface area contributed by atoms with Crippen LogP contribution in [0.2, 0.25) is 0 Å². The minimum absolute atomic E-state index is 0.442. The number of rotatable bonds is 74. The monoisotopic (exact) mass is 1300 g/mol. The number of aromatic nitrogens is 8. The van der Waals surface area contributed by atoms with Crippen molar-refractivity contribution in [2.24, 2.45) is 0 Å². The van der Waals surface area contributed by atoms with Crippen molar-refractivity contribution in [2.75, 3.05) is 318 Å². The SMILES string of the molecule is COCCOCCOCCOCCOCCOCCOCCOCCOCCOCCOCCOCCn1cc(-c2ccc(-c3cn(CCOCCOCCOCCOCCOCCOCCOCCOCCOCCOCCOCCOC)nn3)nn2)nn1. The number of ether oxygens (including phenoxy) is 24. The van der Waals surface area contributed by atoms with Crippen molar-refractivity contribution in [3.05, 3.63) is 24.5 Å². The highest BCUT2D eigenvalue weighted by molar-refractivity contribution is 5.57. The van der Waals surface area contributed by atoms with E-state index < -0.39 is 0 Å². The van der Waals surface area contributed by atoms with E-state index in [2.05, 4.69) is 30.8 Å². The maximum absolute atomic E-state index is 5.70. The van der Waals surface area contributed by atoms with Gasteiger partial charge in [-0.25, -0.2) is 9.36 Å². The zero-order chi connectivity index (χ0) is 63.4. The van der Waals surface area contributed by atoms with Crippen LogP contribution >= 0.6 is 0 Å². The molecule has 90 heavy (non-hydrogen) atoms. The van der Waals surface area contributed by atoms with Gasteiger partial charge in [0.25, 0.3) is 0 Å². The van der Waals surface area contributed by atoms with Gasteiger partial charge in [-0.15, -0.1) is 20.4 Å². The third-order valence-corrected chi connectivity index (χ3v) is 11.5. The molecule has 0 amide bonds. The summed E-state index contributed by atoms with van der Waals surface area (Å²) in [4.78, 5) is 0. The van der Waals surface area contributed by atoms with Crippen LogP contribution in [0.1, 0.15) is 0 Å². The van der Waals surface area contributed by atoms with Crippen LogP contribution in [-0.2, 0) is 127 Å². The largest absolute Gasteiger partial charge is 0.382 e. The Bertz CT molecular complexity index is 1780. The summed E-state index contributed by atoms with van der Waals surface area (Å²) in [7, 11) is 3.29. The smallest absolute Gasteiger partial charge is 0.133 e. The Kier molecular flexibility index (Phi) is 58.7. The van der Waals surface area contributed by atoms with E-state index in [1.54, 1.807) is 36.0 Å². The summed E-state index contributed by atoms with van der Waals surface area (Å²) in [6.45, 7) is 23.8. The Morgan fingerprint density at radius 3 is 0.511 bits per heavy atom. The van der Waals surface area contributed by atoms with Crippen LogP contribution in [-0.4, -0.2) is 358 Å². The summed E-state index contributed by atoms with van der Waals surface area (Å²) in [6.07, 6.45) is 3.59. The molecule has 0 bridgehead atoms. The summed E-state index contributed by atoms with van der Waals surface area (Å²) < 4.78 is 134. The van der Waals surface area contributed by atoms with E-state index in [0.29, 0.717) is 340 Å². The van der Waals surface area contributed by atoms with Gasteiger partial charge in [-0.3, -0.25) is 0 Å². The van der Waals surface area contributed by atoms with Gasteiger partial charge in [-0.05, 0) is 12.1 Å². The molecule has 32 heteroatoms. The van der Waals surface area contributed by atoms with E-state index in [0.717, 1.165) is 0 Å². The molecular formula is C58H106N8O24. The van der Waals surface area contributed by atoms with E-state index in [-0.39, 0.29) is 0 Å². The lowest BCUT2D eigenvalue weighted by molar-refractivity contribution is -0.0280.